The Balaban J connectivity index is 1.66. The van der Waals surface area contributed by atoms with Gasteiger partial charge in [-0.25, -0.2) is 4.68 Å². The van der Waals surface area contributed by atoms with E-state index in [0.29, 0.717) is 6.04 Å². The number of tetrazole rings is 1. The summed E-state index contributed by atoms with van der Waals surface area (Å²) in [5.74, 6) is 0.782. The van der Waals surface area contributed by atoms with E-state index in [2.05, 4.69) is 20.5 Å². The highest BCUT2D eigenvalue weighted by atomic mass is 32.2. The zero-order chi connectivity index (χ0) is 12.9. The minimum Gasteiger partial charge on any atom is -0.381 e. The van der Waals surface area contributed by atoms with Gasteiger partial charge < -0.3 is 4.74 Å². The Kier molecular flexibility index (Phi) is 4.04. The molecule has 0 amide bonds. The van der Waals surface area contributed by atoms with Gasteiger partial charge in [-0.05, 0) is 35.4 Å². The molecule has 0 atom stereocenters. The minimum absolute atomic E-state index is 0.356. The summed E-state index contributed by atoms with van der Waals surface area (Å²) in [5, 5.41) is 12.9. The standard InChI is InChI=1S/C12H15N5OS/c1-2-6-13-10(3-1)9-19-12-14-15-16-17(12)11-4-7-18-8-5-11/h1-3,6,11H,4-5,7-9H2. The lowest BCUT2D eigenvalue weighted by Crippen LogP contribution is -2.21. The fraction of sp³-hybridized carbons (Fsp3) is 0.500. The van der Waals surface area contributed by atoms with Gasteiger partial charge in [-0.15, -0.1) is 5.10 Å². The molecule has 1 aliphatic rings. The molecule has 0 spiro atoms. The molecule has 1 aliphatic heterocycles. The van der Waals surface area contributed by atoms with Crippen LogP contribution in [-0.2, 0) is 10.5 Å². The molecule has 19 heavy (non-hydrogen) atoms. The predicted molar refractivity (Wildman–Crippen MR) is 70.7 cm³/mol. The molecule has 0 unspecified atom stereocenters. The van der Waals surface area contributed by atoms with Crippen LogP contribution in [0.15, 0.2) is 29.6 Å². The van der Waals surface area contributed by atoms with Gasteiger partial charge >= 0.3 is 0 Å². The lowest BCUT2D eigenvalue weighted by atomic mass is 10.1. The van der Waals surface area contributed by atoms with Crippen LogP contribution < -0.4 is 0 Å². The first kappa shape index (κ1) is 12.6. The molecule has 7 heteroatoms. The normalized spacial score (nSPS) is 16.6. The van der Waals surface area contributed by atoms with Crippen molar-refractivity contribution in [3.05, 3.63) is 30.1 Å². The molecule has 2 aromatic heterocycles. The summed E-state index contributed by atoms with van der Waals surface area (Å²) in [6, 6.07) is 6.27. The number of pyridine rings is 1. The number of rotatable bonds is 4. The SMILES string of the molecule is c1ccc(CSc2nnnn2C2CCOCC2)nc1. The molecule has 0 bridgehead atoms. The second-order valence-electron chi connectivity index (χ2n) is 4.36. The summed E-state index contributed by atoms with van der Waals surface area (Å²) in [4.78, 5) is 4.30. The first-order chi connectivity index (χ1) is 9.43. The Morgan fingerprint density at radius 1 is 1.32 bits per heavy atom. The van der Waals surface area contributed by atoms with Crippen LogP contribution >= 0.6 is 11.8 Å². The topological polar surface area (TPSA) is 65.7 Å². The smallest absolute Gasteiger partial charge is 0.209 e. The van der Waals surface area contributed by atoms with Crippen molar-refractivity contribution in [1.29, 1.82) is 0 Å². The summed E-state index contributed by atoms with van der Waals surface area (Å²) in [7, 11) is 0. The summed E-state index contributed by atoms with van der Waals surface area (Å²) in [5.41, 5.74) is 1.04. The zero-order valence-corrected chi connectivity index (χ0v) is 11.3. The maximum absolute atomic E-state index is 5.37. The molecule has 0 aromatic carbocycles. The highest BCUT2D eigenvalue weighted by Crippen LogP contribution is 2.26. The lowest BCUT2D eigenvalue weighted by molar-refractivity contribution is 0.0631. The minimum atomic E-state index is 0.356. The molecule has 0 radical (unpaired) electrons. The third kappa shape index (κ3) is 3.10. The van der Waals surface area contributed by atoms with E-state index in [-0.39, 0.29) is 0 Å². The van der Waals surface area contributed by atoms with Gasteiger partial charge in [-0.2, -0.15) is 0 Å². The number of nitrogens with zero attached hydrogens (tertiary/aromatic N) is 5. The van der Waals surface area contributed by atoms with Crippen LogP contribution in [0.2, 0.25) is 0 Å². The van der Waals surface area contributed by atoms with E-state index in [4.69, 9.17) is 4.74 Å². The summed E-state index contributed by atoms with van der Waals surface area (Å²) >= 11 is 1.62. The van der Waals surface area contributed by atoms with E-state index in [1.165, 1.54) is 0 Å². The van der Waals surface area contributed by atoms with Crippen molar-refractivity contribution in [2.45, 2.75) is 29.8 Å². The van der Waals surface area contributed by atoms with Crippen molar-refractivity contribution in [2.24, 2.45) is 0 Å². The van der Waals surface area contributed by atoms with Crippen molar-refractivity contribution in [2.75, 3.05) is 13.2 Å². The van der Waals surface area contributed by atoms with Gasteiger partial charge in [-0.1, -0.05) is 17.8 Å². The largest absolute Gasteiger partial charge is 0.381 e. The average Bonchev–Trinajstić information content (AvgIpc) is 2.95. The Bertz CT molecular complexity index is 512. The van der Waals surface area contributed by atoms with Crippen molar-refractivity contribution in [3.8, 4) is 0 Å². The van der Waals surface area contributed by atoms with E-state index < -0.39 is 0 Å². The van der Waals surface area contributed by atoms with Gasteiger partial charge in [0, 0.05) is 25.2 Å². The maximum Gasteiger partial charge on any atom is 0.209 e. The fourth-order valence-corrected chi connectivity index (χ4v) is 2.92. The number of thioether (sulfide) groups is 1. The monoisotopic (exact) mass is 277 g/mol. The first-order valence-electron chi connectivity index (χ1n) is 6.32. The van der Waals surface area contributed by atoms with Crippen LogP contribution in [0.1, 0.15) is 24.6 Å². The molecule has 2 aromatic rings. The van der Waals surface area contributed by atoms with E-state index in [9.17, 15) is 0 Å². The van der Waals surface area contributed by atoms with Gasteiger partial charge in [-0.3, -0.25) is 4.98 Å². The van der Waals surface area contributed by atoms with Crippen LogP contribution in [0.25, 0.3) is 0 Å². The lowest BCUT2D eigenvalue weighted by Gasteiger charge is -2.22. The summed E-state index contributed by atoms with van der Waals surface area (Å²) < 4.78 is 7.29. The van der Waals surface area contributed by atoms with Crippen LogP contribution in [-0.4, -0.2) is 38.4 Å². The second-order valence-corrected chi connectivity index (χ2v) is 5.30. The number of ether oxygens (including phenoxy) is 1. The van der Waals surface area contributed by atoms with Crippen molar-refractivity contribution < 1.29 is 4.74 Å². The van der Waals surface area contributed by atoms with E-state index >= 15 is 0 Å². The van der Waals surface area contributed by atoms with Crippen LogP contribution in [0, 0.1) is 0 Å². The average molecular weight is 277 g/mol. The van der Waals surface area contributed by atoms with Gasteiger partial charge in [0.1, 0.15) is 0 Å². The molecule has 3 rings (SSSR count). The Morgan fingerprint density at radius 3 is 3.00 bits per heavy atom. The van der Waals surface area contributed by atoms with Crippen LogP contribution in [0.5, 0.6) is 0 Å². The van der Waals surface area contributed by atoms with E-state index in [0.717, 1.165) is 42.7 Å². The second kappa shape index (κ2) is 6.12. The molecular weight excluding hydrogens is 262 g/mol. The van der Waals surface area contributed by atoms with Crippen molar-refractivity contribution in [1.82, 2.24) is 25.2 Å². The number of aromatic nitrogens is 5. The number of hydrogen-bond acceptors (Lipinski definition) is 6. The van der Waals surface area contributed by atoms with Gasteiger partial charge in [0.05, 0.1) is 11.7 Å². The molecule has 1 fully saturated rings. The quantitative estimate of drug-likeness (QED) is 0.793. The zero-order valence-electron chi connectivity index (χ0n) is 10.5. The molecule has 0 aliphatic carbocycles. The first-order valence-corrected chi connectivity index (χ1v) is 7.30. The molecule has 0 saturated carbocycles. The van der Waals surface area contributed by atoms with Gasteiger partial charge in [0.25, 0.3) is 0 Å². The summed E-state index contributed by atoms with van der Waals surface area (Å²) in [6.45, 7) is 1.57. The van der Waals surface area contributed by atoms with Crippen molar-refractivity contribution >= 4 is 11.8 Å². The Morgan fingerprint density at radius 2 is 2.21 bits per heavy atom. The van der Waals surface area contributed by atoms with E-state index in [1.807, 2.05) is 22.9 Å². The van der Waals surface area contributed by atoms with Crippen LogP contribution in [0.4, 0.5) is 0 Å². The Labute approximate surface area is 115 Å². The Hall–Kier alpha value is -1.47. The predicted octanol–water partition coefficient (Wildman–Crippen LogP) is 1.71. The van der Waals surface area contributed by atoms with Crippen LogP contribution in [0.3, 0.4) is 0 Å². The molecule has 100 valence electrons. The van der Waals surface area contributed by atoms with Gasteiger partial charge in [0.2, 0.25) is 5.16 Å². The molecular formula is C12H15N5OS. The third-order valence-electron chi connectivity index (χ3n) is 3.07. The molecule has 6 nitrogen and oxygen atoms in total. The molecule has 1 saturated heterocycles. The van der Waals surface area contributed by atoms with E-state index in [1.54, 1.807) is 18.0 Å². The molecule has 3 heterocycles. The maximum atomic E-state index is 5.37. The molecule has 0 N–H and O–H groups in total. The van der Waals surface area contributed by atoms with Crippen molar-refractivity contribution in [3.63, 3.8) is 0 Å². The fourth-order valence-electron chi connectivity index (χ4n) is 2.06. The van der Waals surface area contributed by atoms with Gasteiger partial charge in [0.15, 0.2) is 0 Å². The highest BCUT2D eigenvalue weighted by Gasteiger charge is 2.20. The highest BCUT2D eigenvalue weighted by molar-refractivity contribution is 7.98. The number of hydrogen-bond donors (Lipinski definition) is 0. The summed E-state index contributed by atoms with van der Waals surface area (Å²) in [6.07, 6.45) is 3.75. The third-order valence-corrected chi connectivity index (χ3v) is 4.04.